The van der Waals surface area contributed by atoms with Crippen LogP contribution in [-0.4, -0.2) is 34.0 Å². The van der Waals surface area contributed by atoms with E-state index in [1.54, 1.807) is 24.3 Å². The van der Waals surface area contributed by atoms with Crippen LogP contribution in [0.25, 0.3) is 0 Å². The molecule has 2 aliphatic rings. The lowest BCUT2D eigenvalue weighted by atomic mass is 9.79. The molecule has 1 amide bonds. The van der Waals surface area contributed by atoms with Crippen LogP contribution in [0.2, 0.25) is 0 Å². The van der Waals surface area contributed by atoms with Crippen LogP contribution >= 0.6 is 0 Å². The smallest absolute Gasteiger partial charge is 0.404 e. The van der Waals surface area contributed by atoms with Gasteiger partial charge in [-0.15, -0.1) is 0 Å². The maximum absolute atomic E-state index is 13.0. The van der Waals surface area contributed by atoms with Crippen molar-refractivity contribution in [3.63, 3.8) is 0 Å². The number of nitrogens with two attached hydrogens (primary N) is 1. The third-order valence-electron chi connectivity index (χ3n) is 4.94. The molecule has 2 aliphatic carbocycles. The van der Waals surface area contributed by atoms with Crippen molar-refractivity contribution in [3.05, 3.63) is 69.3 Å². The van der Waals surface area contributed by atoms with Crippen molar-refractivity contribution in [2.45, 2.75) is 25.2 Å². The summed E-state index contributed by atoms with van der Waals surface area (Å²) < 4.78 is 4.94. The Bertz CT molecular complexity index is 980. The summed E-state index contributed by atoms with van der Waals surface area (Å²) in [7, 11) is 0. The van der Waals surface area contributed by atoms with Crippen LogP contribution in [0.5, 0.6) is 0 Å². The van der Waals surface area contributed by atoms with Gasteiger partial charge in [0.15, 0.2) is 11.6 Å². The van der Waals surface area contributed by atoms with Gasteiger partial charge in [0.1, 0.15) is 12.2 Å². The molecule has 4 N–H and O–H groups in total. The van der Waals surface area contributed by atoms with E-state index in [9.17, 15) is 24.6 Å². The second-order valence-electron chi connectivity index (χ2n) is 6.34. The Labute approximate surface area is 148 Å². The molecule has 0 aromatic heterocycles. The standard InChI is InChI=1S/C19H15NO6/c20-19(25)26-13-6-11-14(18(13)24)8(7-21)5-12-15(11)17(23)10-4-2-1-3-9(10)16(12)22/h1-5,13,18,21,24H,6-7H2,(H2,20,25). The zero-order valence-corrected chi connectivity index (χ0v) is 13.6. The number of hydrogen-bond acceptors (Lipinski definition) is 6. The lowest BCUT2D eigenvalue weighted by Crippen LogP contribution is -2.26. The lowest BCUT2D eigenvalue weighted by Gasteiger charge is -2.22. The van der Waals surface area contributed by atoms with Gasteiger partial charge in [0.2, 0.25) is 0 Å². The molecule has 0 fully saturated rings. The highest BCUT2D eigenvalue weighted by Crippen LogP contribution is 2.42. The first kappa shape index (κ1) is 16.4. The van der Waals surface area contributed by atoms with Gasteiger partial charge in [-0.3, -0.25) is 9.59 Å². The van der Waals surface area contributed by atoms with Gasteiger partial charge in [-0.1, -0.05) is 24.3 Å². The van der Waals surface area contributed by atoms with E-state index < -0.39 is 24.9 Å². The molecule has 26 heavy (non-hydrogen) atoms. The Morgan fingerprint density at radius 3 is 2.42 bits per heavy atom. The Hall–Kier alpha value is -3.03. The predicted octanol–water partition coefficient (Wildman–Crippen LogP) is 1.01. The molecule has 7 heteroatoms. The number of amides is 1. The second-order valence-corrected chi connectivity index (χ2v) is 6.34. The molecule has 0 radical (unpaired) electrons. The van der Waals surface area contributed by atoms with Gasteiger partial charge in [-0.05, 0) is 22.8 Å². The van der Waals surface area contributed by atoms with Crippen molar-refractivity contribution in [2.24, 2.45) is 5.73 Å². The first-order valence-electron chi connectivity index (χ1n) is 8.06. The molecule has 2 aromatic carbocycles. The molecule has 0 spiro atoms. The van der Waals surface area contributed by atoms with Gasteiger partial charge in [-0.25, -0.2) is 4.79 Å². The number of ether oxygens (including phenoxy) is 1. The van der Waals surface area contributed by atoms with Crippen molar-refractivity contribution in [2.75, 3.05) is 0 Å². The summed E-state index contributed by atoms with van der Waals surface area (Å²) in [4.78, 5) is 37.0. The minimum atomic E-state index is -1.23. The summed E-state index contributed by atoms with van der Waals surface area (Å²) in [6.45, 7) is -0.431. The van der Waals surface area contributed by atoms with Gasteiger partial charge in [0.25, 0.3) is 0 Å². The lowest BCUT2D eigenvalue weighted by molar-refractivity contribution is 0.0164. The summed E-state index contributed by atoms with van der Waals surface area (Å²) in [5.74, 6) is -0.649. The normalized spacial score (nSPS) is 20.4. The molecule has 0 saturated carbocycles. The molecular weight excluding hydrogens is 338 g/mol. The highest BCUT2D eigenvalue weighted by molar-refractivity contribution is 6.29. The highest BCUT2D eigenvalue weighted by atomic mass is 16.6. The summed E-state index contributed by atoms with van der Waals surface area (Å²) in [5.41, 5.74) is 7.07. The third-order valence-corrected chi connectivity index (χ3v) is 4.94. The molecular formula is C19H15NO6. The van der Waals surface area contributed by atoms with E-state index in [1.165, 1.54) is 6.07 Å². The Morgan fingerprint density at radius 1 is 1.15 bits per heavy atom. The molecule has 2 aromatic rings. The van der Waals surface area contributed by atoms with E-state index in [0.29, 0.717) is 22.3 Å². The number of primary amides is 1. The zero-order chi connectivity index (χ0) is 18.6. The number of aliphatic hydroxyl groups is 2. The first-order valence-corrected chi connectivity index (χ1v) is 8.06. The number of fused-ring (bicyclic) bond motifs is 4. The zero-order valence-electron chi connectivity index (χ0n) is 13.6. The van der Waals surface area contributed by atoms with Crippen molar-refractivity contribution in [3.8, 4) is 0 Å². The molecule has 0 aliphatic heterocycles. The van der Waals surface area contributed by atoms with Gasteiger partial charge in [0.05, 0.1) is 6.61 Å². The maximum Gasteiger partial charge on any atom is 0.404 e. The van der Waals surface area contributed by atoms with Gasteiger partial charge in [-0.2, -0.15) is 0 Å². The van der Waals surface area contributed by atoms with Gasteiger partial charge < -0.3 is 20.7 Å². The molecule has 0 saturated heterocycles. The summed E-state index contributed by atoms with van der Waals surface area (Å²) >= 11 is 0. The Balaban J connectivity index is 1.95. The SMILES string of the molecule is NC(=O)OC1Cc2c3c(cc(CO)c2C1O)C(=O)c1ccccc1C3=O. The van der Waals surface area contributed by atoms with Crippen molar-refractivity contribution in [1.29, 1.82) is 0 Å². The number of aliphatic hydroxyl groups excluding tert-OH is 2. The fraction of sp³-hybridized carbons (Fsp3) is 0.211. The van der Waals surface area contributed by atoms with E-state index in [2.05, 4.69) is 0 Å². The number of hydrogen-bond donors (Lipinski definition) is 3. The van der Waals surface area contributed by atoms with Crippen LogP contribution in [0, 0.1) is 0 Å². The van der Waals surface area contributed by atoms with E-state index in [4.69, 9.17) is 10.5 Å². The van der Waals surface area contributed by atoms with Crippen LogP contribution in [0.3, 0.4) is 0 Å². The van der Waals surface area contributed by atoms with Gasteiger partial charge in [0, 0.05) is 28.7 Å². The van der Waals surface area contributed by atoms with Crippen molar-refractivity contribution < 1.29 is 29.3 Å². The summed E-state index contributed by atoms with van der Waals surface area (Å²) in [5, 5.41) is 20.2. The number of benzene rings is 2. The van der Waals surface area contributed by atoms with Crippen LogP contribution < -0.4 is 5.73 Å². The fourth-order valence-corrected chi connectivity index (χ4v) is 3.88. The van der Waals surface area contributed by atoms with Crippen LogP contribution in [0.4, 0.5) is 4.79 Å². The molecule has 2 unspecified atom stereocenters. The van der Waals surface area contributed by atoms with E-state index in [1.807, 2.05) is 0 Å². The van der Waals surface area contributed by atoms with Gasteiger partial charge >= 0.3 is 6.09 Å². The largest absolute Gasteiger partial charge is 0.443 e. The van der Waals surface area contributed by atoms with E-state index in [-0.39, 0.29) is 34.7 Å². The van der Waals surface area contributed by atoms with Crippen LogP contribution in [0.1, 0.15) is 54.6 Å². The number of ketones is 2. The Morgan fingerprint density at radius 2 is 1.81 bits per heavy atom. The molecule has 7 nitrogen and oxygen atoms in total. The minimum Gasteiger partial charge on any atom is -0.443 e. The first-order chi connectivity index (χ1) is 12.4. The average Bonchev–Trinajstić information content (AvgIpc) is 2.94. The molecule has 0 heterocycles. The minimum absolute atomic E-state index is 0.0385. The number of carbonyl (C=O) groups excluding carboxylic acids is 3. The third kappa shape index (κ3) is 2.18. The quantitative estimate of drug-likeness (QED) is 0.631. The number of rotatable bonds is 2. The average molecular weight is 353 g/mol. The van der Waals surface area contributed by atoms with E-state index in [0.717, 1.165) is 0 Å². The van der Waals surface area contributed by atoms with Crippen LogP contribution in [-0.2, 0) is 17.8 Å². The maximum atomic E-state index is 13.0. The molecule has 0 bridgehead atoms. The highest BCUT2D eigenvalue weighted by Gasteiger charge is 2.42. The summed E-state index contributed by atoms with van der Waals surface area (Å²) in [6, 6.07) is 7.94. The molecule has 2 atom stereocenters. The predicted molar refractivity (Wildman–Crippen MR) is 88.8 cm³/mol. The fourth-order valence-electron chi connectivity index (χ4n) is 3.88. The van der Waals surface area contributed by atoms with Crippen molar-refractivity contribution in [1.82, 2.24) is 0 Å². The number of carbonyl (C=O) groups is 3. The van der Waals surface area contributed by atoms with E-state index >= 15 is 0 Å². The Kier molecular flexibility index (Phi) is 3.64. The molecule has 4 rings (SSSR count). The second kappa shape index (κ2) is 5.76. The van der Waals surface area contributed by atoms with Crippen molar-refractivity contribution >= 4 is 17.7 Å². The van der Waals surface area contributed by atoms with Crippen LogP contribution in [0.15, 0.2) is 30.3 Å². The topological polar surface area (TPSA) is 127 Å². The molecule has 132 valence electrons. The monoisotopic (exact) mass is 353 g/mol. The summed E-state index contributed by atoms with van der Waals surface area (Å²) in [6.07, 6.45) is -3.21.